The van der Waals surface area contributed by atoms with Crippen LogP contribution in [0.25, 0.3) is 0 Å². The molecule has 5 aliphatic carbocycles. The molecule has 2 N–H and O–H groups in total. The van der Waals surface area contributed by atoms with E-state index >= 15 is 0 Å². The lowest BCUT2D eigenvalue weighted by Crippen LogP contribution is -2.56. The van der Waals surface area contributed by atoms with E-state index in [2.05, 4.69) is 5.32 Å². The number of rotatable bonds is 5. The Kier molecular flexibility index (Phi) is 4.56. The van der Waals surface area contributed by atoms with Crippen molar-refractivity contribution in [2.24, 2.45) is 29.6 Å². The number of carbonyl (C=O) groups excluding carboxylic acids is 1. The van der Waals surface area contributed by atoms with Crippen LogP contribution in [0.2, 0.25) is 0 Å². The van der Waals surface area contributed by atoms with Gasteiger partial charge in [0.15, 0.2) is 6.61 Å². The molecule has 150 valence electrons. The summed E-state index contributed by atoms with van der Waals surface area (Å²) < 4.78 is 5.45. The number of ether oxygens (including phenoxy) is 1. The summed E-state index contributed by atoms with van der Waals surface area (Å²) in [7, 11) is 0. The van der Waals surface area contributed by atoms with Crippen LogP contribution in [0.1, 0.15) is 49.7 Å². The summed E-state index contributed by atoms with van der Waals surface area (Å²) in [5.74, 6) is 3.16. The first-order valence-corrected chi connectivity index (χ1v) is 10.8. The minimum absolute atomic E-state index is 0.0133. The molecule has 5 nitrogen and oxygen atoms in total. The molecule has 1 atom stereocenters. The van der Waals surface area contributed by atoms with Gasteiger partial charge in [0.1, 0.15) is 5.75 Å². The second-order valence-corrected chi connectivity index (χ2v) is 9.48. The molecule has 1 aromatic rings. The van der Waals surface area contributed by atoms with Gasteiger partial charge in [0.2, 0.25) is 5.91 Å². The van der Waals surface area contributed by atoms with Gasteiger partial charge in [-0.15, -0.1) is 0 Å². The van der Waals surface area contributed by atoms with Crippen LogP contribution in [0.3, 0.4) is 0 Å². The van der Waals surface area contributed by atoms with Gasteiger partial charge in [-0.1, -0.05) is 12.1 Å². The third-order valence-corrected chi connectivity index (χ3v) is 7.70. The Bertz CT molecular complexity index is 761. The maximum absolute atomic E-state index is 13.1. The largest absolute Gasteiger partial charge is 0.482 e. The average Bonchev–Trinajstić information content (AvgIpc) is 2.67. The molecule has 0 radical (unpaired) electrons. The number of fused-ring (bicyclic) bond motifs is 1. The van der Waals surface area contributed by atoms with Gasteiger partial charge in [-0.3, -0.25) is 4.79 Å². The number of hydrogen-bond donors (Lipinski definition) is 2. The predicted molar refractivity (Wildman–Crippen MR) is 104 cm³/mol. The van der Waals surface area contributed by atoms with Crippen LogP contribution in [-0.4, -0.2) is 29.6 Å². The molecule has 5 heteroatoms. The van der Waals surface area contributed by atoms with Gasteiger partial charge < -0.3 is 15.2 Å². The highest BCUT2D eigenvalue weighted by Gasteiger charge is 2.49. The first-order chi connectivity index (χ1) is 13.6. The smallest absolute Gasteiger partial charge is 0.341 e. The first-order valence-electron chi connectivity index (χ1n) is 10.8. The summed E-state index contributed by atoms with van der Waals surface area (Å²) >= 11 is 0. The Balaban J connectivity index is 1.24. The molecule has 5 aliphatic rings. The predicted octanol–water partition coefficient (Wildman–Crippen LogP) is 3.20. The van der Waals surface area contributed by atoms with E-state index in [-0.39, 0.29) is 18.4 Å². The van der Waals surface area contributed by atoms with Gasteiger partial charge in [0, 0.05) is 12.0 Å². The van der Waals surface area contributed by atoms with Crippen LogP contribution in [-0.2, 0) is 22.4 Å². The van der Waals surface area contributed by atoms with Crippen molar-refractivity contribution in [1.82, 2.24) is 5.32 Å². The van der Waals surface area contributed by atoms with E-state index in [4.69, 9.17) is 9.84 Å². The normalized spacial score (nSPS) is 35.3. The van der Waals surface area contributed by atoms with Crippen LogP contribution in [0.5, 0.6) is 5.75 Å². The molecule has 28 heavy (non-hydrogen) atoms. The Labute approximate surface area is 165 Å². The lowest BCUT2D eigenvalue weighted by molar-refractivity contribution is -0.139. The van der Waals surface area contributed by atoms with Crippen LogP contribution in [0, 0.1) is 29.6 Å². The van der Waals surface area contributed by atoms with E-state index < -0.39 is 5.97 Å². The molecule has 1 amide bonds. The quantitative estimate of drug-likeness (QED) is 0.819. The van der Waals surface area contributed by atoms with Crippen molar-refractivity contribution in [2.45, 2.75) is 57.4 Å². The zero-order chi connectivity index (χ0) is 19.3. The number of nitrogens with one attached hydrogen (secondary N) is 1. The van der Waals surface area contributed by atoms with Crippen LogP contribution >= 0.6 is 0 Å². The van der Waals surface area contributed by atoms with Gasteiger partial charge in [0.05, 0.1) is 0 Å². The summed E-state index contributed by atoms with van der Waals surface area (Å²) in [5.41, 5.74) is 2.20. The number of carboxylic acids is 1. The summed E-state index contributed by atoms with van der Waals surface area (Å²) in [5, 5.41) is 12.3. The summed E-state index contributed by atoms with van der Waals surface area (Å²) in [4.78, 5) is 23.9. The highest BCUT2D eigenvalue weighted by atomic mass is 16.5. The van der Waals surface area contributed by atoms with Gasteiger partial charge in [-0.2, -0.15) is 0 Å². The second kappa shape index (κ2) is 7.09. The van der Waals surface area contributed by atoms with E-state index in [1.165, 1.54) is 32.1 Å². The Hall–Kier alpha value is -2.04. The van der Waals surface area contributed by atoms with Crippen molar-refractivity contribution < 1.29 is 19.4 Å². The van der Waals surface area contributed by atoms with E-state index in [0.29, 0.717) is 23.6 Å². The van der Waals surface area contributed by atoms with Crippen molar-refractivity contribution in [1.29, 1.82) is 0 Å². The van der Waals surface area contributed by atoms with Gasteiger partial charge in [-0.25, -0.2) is 4.79 Å². The number of aliphatic carboxylic acids is 1. The highest BCUT2D eigenvalue weighted by Crippen LogP contribution is 2.53. The van der Waals surface area contributed by atoms with E-state index in [0.717, 1.165) is 42.2 Å². The molecule has 4 fully saturated rings. The number of hydrogen-bond acceptors (Lipinski definition) is 3. The minimum Gasteiger partial charge on any atom is -0.482 e. The van der Waals surface area contributed by atoms with E-state index in [9.17, 15) is 9.59 Å². The SMILES string of the molecule is O=C(O)COc1cccc2c1CCC(C(=O)NC1C3CC4CC(C3)CC1C4)C2. The minimum atomic E-state index is -0.971. The molecule has 0 heterocycles. The maximum Gasteiger partial charge on any atom is 0.341 e. The van der Waals surface area contributed by atoms with Crippen LogP contribution < -0.4 is 10.1 Å². The summed E-state index contributed by atoms with van der Waals surface area (Å²) in [6.07, 6.45) is 8.99. The van der Waals surface area contributed by atoms with Gasteiger partial charge >= 0.3 is 5.97 Å². The number of carboxylic acid groups (broad SMARTS) is 1. The third kappa shape index (κ3) is 3.29. The second-order valence-electron chi connectivity index (χ2n) is 9.48. The Morgan fingerprint density at radius 1 is 1.07 bits per heavy atom. The lowest BCUT2D eigenvalue weighted by atomic mass is 9.54. The van der Waals surface area contributed by atoms with Crippen LogP contribution in [0.4, 0.5) is 0 Å². The Morgan fingerprint density at radius 2 is 1.79 bits per heavy atom. The molecule has 4 bridgehead atoms. The molecular weight excluding hydrogens is 354 g/mol. The molecule has 0 spiro atoms. The van der Waals surface area contributed by atoms with E-state index in [1.807, 2.05) is 18.2 Å². The third-order valence-electron chi connectivity index (χ3n) is 7.70. The molecular formula is C23H29NO4. The summed E-state index contributed by atoms with van der Waals surface area (Å²) in [6.45, 7) is -0.327. The molecule has 0 saturated heterocycles. The first kappa shape index (κ1) is 18.0. The topological polar surface area (TPSA) is 75.6 Å². The van der Waals surface area contributed by atoms with E-state index in [1.54, 1.807) is 0 Å². The molecule has 1 unspecified atom stereocenters. The zero-order valence-corrected chi connectivity index (χ0v) is 16.2. The standard InChI is InChI=1S/C23H29NO4/c25-21(26)12-28-20-3-1-2-15-11-16(4-5-19(15)20)23(27)24-22-17-7-13-6-14(9-17)10-18(22)8-13/h1-3,13-14,16-18,22H,4-12H2,(H,24,27)(H,25,26). The molecule has 0 aromatic heterocycles. The number of amides is 1. The van der Waals surface area contributed by atoms with Gasteiger partial charge in [0.25, 0.3) is 0 Å². The van der Waals surface area contributed by atoms with Crippen molar-refractivity contribution in [3.05, 3.63) is 29.3 Å². The fourth-order valence-corrected chi connectivity index (χ4v) is 6.71. The molecule has 0 aliphatic heterocycles. The molecule has 6 rings (SSSR count). The average molecular weight is 383 g/mol. The Morgan fingerprint density at radius 3 is 2.46 bits per heavy atom. The van der Waals surface area contributed by atoms with Crippen molar-refractivity contribution in [2.75, 3.05) is 6.61 Å². The molecule has 1 aromatic carbocycles. The number of benzene rings is 1. The highest BCUT2D eigenvalue weighted by molar-refractivity contribution is 5.80. The van der Waals surface area contributed by atoms with Crippen molar-refractivity contribution >= 4 is 11.9 Å². The van der Waals surface area contributed by atoms with Crippen molar-refractivity contribution in [3.8, 4) is 5.75 Å². The van der Waals surface area contributed by atoms with Crippen LogP contribution in [0.15, 0.2) is 18.2 Å². The molecule has 4 saturated carbocycles. The fraction of sp³-hybridized carbons (Fsp3) is 0.652. The van der Waals surface area contributed by atoms with Crippen molar-refractivity contribution in [3.63, 3.8) is 0 Å². The maximum atomic E-state index is 13.1. The monoisotopic (exact) mass is 383 g/mol. The number of carbonyl (C=O) groups is 2. The lowest BCUT2D eigenvalue weighted by Gasteiger charge is -2.54. The fourth-order valence-electron chi connectivity index (χ4n) is 6.71. The van der Waals surface area contributed by atoms with Gasteiger partial charge in [-0.05, 0) is 92.2 Å². The zero-order valence-electron chi connectivity index (χ0n) is 16.2. The summed E-state index contributed by atoms with van der Waals surface area (Å²) in [6, 6.07) is 6.17.